The van der Waals surface area contributed by atoms with Crippen LogP contribution in [0.2, 0.25) is 0 Å². The molecule has 0 saturated carbocycles. The fourth-order valence-corrected chi connectivity index (χ4v) is 3.54. The van der Waals surface area contributed by atoms with Crippen molar-refractivity contribution in [3.63, 3.8) is 0 Å². The number of rotatable bonds is 6. The number of ether oxygens (including phenoxy) is 1. The molecule has 122 valence electrons. The van der Waals surface area contributed by atoms with Gasteiger partial charge < -0.3 is 4.74 Å². The van der Waals surface area contributed by atoms with E-state index in [9.17, 15) is 9.59 Å². The number of unbranched alkanes of at least 4 members (excludes halogenated alkanes) is 1. The van der Waals surface area contributed by atoms with Gasteiger partial charge in [0, 0.05) is 18.8 Å². The first-order chi connectivity index (χ1) is 10.6. The Bertz CT molecular complexity index is 504. The van der Waals surface area contributed by atoms with E-state index in [2.05, 4.69) is 16.9 Å². The predicted octanol–water partition coefficient (Wildman–Crippen LogP) is 1.48. The Balaban J connectivity index is 2.24. The lowest BCUT2D eigenvalue weighted by atomic mass is 10.1. The van der Waals surface area contributed by atoms with Crippen molar-refractivity contribution in [2.24, 2.45) is 5.10 Å². The smallest absolute Gasteiger partial charge is 0.359 e. The zero-order chi connectivity index (χ0) is 16.1. The van der Waals surface area contributed by atoms with Crippen LogP contribution < -0.4 is 0 Å². The number of thioether (sulfide) groups is 1. The number of carbonyl (C=O) groups is 2. The first kappa shape index (κ1) is 17.0. The molecule has 2 aliphatic rings. The third-order valence-corrected chi connectivity index (χ3v) is 4.86. The van der Waals surface area contributed by atoms with Gasteiger partial charge in [-0.15, -0.1) is 11.8 Å². The van der Waals surface area contributed by atoms with Gasteiger partial charge >= 0.3 is 5.97 Å². The topological polar surface area (TPSA) is 62.2 Å². The molecule has 0 aliphatic carbocycles. The van der Waals surface area contributed by atoms with E-state index in [1.54, 1.807) is 18.7 Å². The highest BCUT2D eigenvalue weighted by atomic mass is 32.2. The zero-order valence-electron chi connectivity index (χ0n) is 13.4. The van der Waals surface area contributed by atoms with Gasteiger partial charge in [0.1, 0.15) is 0 Å². The molecular weight excluding hydrogens is 302 g/mol. The summed E-state index contributed by atoms with van der Waals surface area (Å²) in [6.07, 6.45) is 3.67. The van der Waals surface area contributed by atoms with E-state index >= 15 is 0 Å². The molecule has 0 bridgehead atoms. The molecule has 6 nitrogen and oxygen atoms in total. The van der Waals surface area contributed by atoms with Crippen LogP contribution in [0.1, 0.15) is 26.7 Å². The maximum atomic E-state index is 12.5. The third kappa shape index (κ3) is 3.70. The second-order valence-electron chi connectivity index (χ2n) is 5.27. The van der Waals surface area contributed by atoms with E-state index in [0.29, 0.717) is 12.1 Å². The van der Waals surface area contributed by atoms with Crippen molar-refractivity contribution in [1.29, 1.82) is 0 Å². The molecule has 2 heterocycles. The summed E-state index contributed by atoms with van der Waals surface area (Å²) in [6.45, 7) is 5.57. The van der Waals surface area contributed by atoms with E-state index in [4.69, 9.17) is 4.74 Å². The van der Waals surface area contributed by atoms with Crippen LogP contribution in [0.5, 0.6) is 0 Å². The van der Waals surface area contributed by atoms with Crippen LogP contribution in [0.25, 0.3) is 0 Å². The number of amides is 1. The van der Waals surface area contributed by atoms with Crippen LogP contribution >= 0.6 is 11.8 Å². The zero-order valence-corrected chi connectivity index (χ0v) is 14.2. The molecule has 0 aromatic rings. The summed E-state index contributed by atoms with van der Waals surface area (Å²) in [5, 5.41) is 5.70. The van der Waals surface area contributed by atoms with Crippen molar-refractivity contribution in [3.8, 4) is 0 Å². The standard InChI is InChI=1S/C15H23N3O3S/c1-4-6-7-18-14(19)11(10-12-17(3)8-9-22-12)13(16-18)15(20)21-5-2/h10,12H,4-9H2,1-3H3. The first-order valence-electron chi connectivity index (χ1n) is 7.70. The minimum absolute atomic E-state index is 0.102. The number of hydrogen-bond acceptors (Lipinski definition) is 6. The van der Waals surface area contributed by atoms with Crippen LogP contribution in [0, 0.1) is 0 Å². The number of esters is 1. The highest BCUT2D eigenvalue weighted by Crippen LogP contribution is 2.26. The molecule has 1 amide bonds. The summed E-state index contributed by atoms with van der Waals surface area (Å²) < 4.78 is 5.04. The Kier molecular flexibility index (Phi) is 6.02. The minimum Gasteiger partial charge on any atom is -0.461 e. The summed E-state index contributed by atoms with van der Waals surface area (Å²) in [5.41, 5.74) is 0.518. The molecule has 0 spiro atoms. The molecular formula is C15H23N3O3S. The van der Waals surface area contributed by atoms with Crippen molar-refractivity contribution in [1.82, 2.24) is 9.91 Å². The quantitative estimate of drug-likeness (QED) is 0.547. The van der Waals surface area contributed by atoms with Gasteiger partial charge in [0.15, 0.2) is 5.71 Å². The maximum Gasteiger partial charge on any atom is 0.359 e. The van der Waals surface area contributed by atoms with Gasteiger partial charge in [0.2, 0.25) is 0 Å². The number of nitrogens with zero attached hydrogens (tertiary/aromatic N) is 3. The normalized spacial score (nSPS) is 24.2. The van der Waals surface area contributed by atoms with E-state index in [1.807, 2.05) is 13.1 Å². The Morgan fingerprint density at radius 2 is 2.27 bits per heavy atom. The van der Waals surface area contributed by atoms with Crippen LogP contribution in [0.3, 0.4) is 0 Å². The molecule has 0 aromatic heterocycles. The highest BCUT2D eigenvalue weighted by molar-refractivity contribution is 8.00. The second-order valence-corrected chi connectivity index (χ2v) is 6.50. The molecule has 0 N–H and O–H groups in total. The molecule has 2 rings (SSSR count). The summed E-state index contributed by atoms with van der Waals surface area (Å²) in [7, 11) is 2.01. The number of likely N-dealkylation sites (N-methyl/N-ethyl adjacent to an activating group) is 1. The molecule has 2 aliphatic heterocycles. The summed E-state index contributed by atoms with van der Waals surface area (Å²) >= 11 is 1.76. The van der Waals surface area contributed by atoms with Gasteiger partial charge in [-0.25, -0.2) is 9.80 Å². The SMILES string of the molecule is CCCCN1N=C(C(=O)OCC)C(=CC2SCCN2C)C1=O. The maximum absolute atomic E-state index is 12.5. The molecule has 0 aromatic carbocycles. The summed E-state index contributed by atoms with van der Waals surface area (Å²) in [6, 6.07) is 0. The van der Waals surface area contributed by atoms with E-state index in [-0.39, 0.29) is 23.6 Å². The van der Waals surface area contributed by atoms with Crippen LogP contribution in [-0.2, 0) is 14.3 Å². The van der Waals surface area contributed by atoms with Gasteiger partial charge in [-0.2, -0.15) is 5.10 Å². The first-order valence-corrected chi connectivity index (χ1v) is 8.75. The molecule has 7 heteroatoms. The largest absolute Gasteiger partial charge is 0.461 e. The molecule has 1 atom stereocenters. The van der Waals surface area contributed by atoms with E-state index in [0.717, 1.165) is 25.1 Å². The van der Waals surface area contributed by atoms with Crippen molar-refractivity contribution < 1.29 is 14.3 Å². The van der Waals surface area contributed by atoms with Crippen LogP contribution in [-0.4, -0.2) is 65.4 Å². The molecule has 1 saturated heterocycles. The average Bonchev–Trinajstić information content (AvgIpc) is 3.03. The predicted molar refractivity (Wildman–Crippen MR) is 87.6 cm³/mol. The number of carbonyl (C=O) groups excluding carboxylic acids is 2. The van der Waals surface area contributed by atoms with Gasteiger partial charge in [-0.3, -0.25) is 9.69 Å². The van der Waals surface area contributed by atoms with E-state index in [1.165, 1.54) is 5.01 Å². The van der Waals surface area contributed by atoms with Crippen molar-refractivity contribution in [3.05, 3.63) is 11.6 Å². The second kappa shape index (κ2) is 7.78. The average molecular weight is 325 g/mol. The number of hydrazone groups is 1. The lowest BCUT2D eigenvalue weighted by Gasteiger charge is -2.15. The lowest BCUT2D eigenvalue weighted by Crippen LogP contribution is -2.27. The van der Waals surface area contributed by atoms with Gasteiger partial charge in [0.05, 0.1) is 17.6 Å². The number of hydrogen-bond donors (Lipinski definition) is 0. The monoisotopic (exact) mass is 325 g/mol. The van der Waals surface area contributed by atoms with Gasteiger partial charge in [0.25, 0.3) is 5.91 Å². The third-order valence-electron chi connectivity index (χ3n) is 3.61. The fourth-order valence-electron chi connectivity index (χ4n) is 2.31. The van der Waals surface area contributed by atoms with Crippen molar-refractivity contribution >= 4 is 29.4 Å². The Labute approximate surface area is 135 Å². The van der Waals surface area contributed by atoms with Crippen LogP contribution in [0.15, 0.2) is 16.8 Å². The van der Waals surface area contributed by atoms with Crippen molar-refractivity contribution in [2.75, 3.05) is 32.5 Å². The van der Waals surface area contributed by atoms with Crippen molar-refractivity contribution in [2.45, 2.75) is 32.1 Å². The molecule has 0 radical (unpaired) electrons. The highest BCUT2D eigenvalue weighted by Gasteiger charge is 2.36. The Morgan fingerprint density at radius 1 is 1.50 bits per heavy atom. The Hall–Kier alpha value is -1.34. The fraction of sp³-hybridized carbons (Fsp3) is 0.667. The summed E-state index contributed by atoms with van der Waals surface area (Å²) in [5.74, 6) is 0.300. The Morgan fingerprint density at radius 3 is 2.86 bits per heavy atom. The van der Waals surface area contributed by atoms with Gasteiger partial charge in [-0.05, 0) is 26.5 Å². The molecule has 22 heavy (non-hydrogen) atoms. The minimum atomic E-state index is -0.522. The van der Waals surface area contributed by atoms with Gasteiger partial charge in [-0.1, -0.05) is 13.3 Å². The van der Waals surface area contributed by atoms with Crippen LogP contribution in [0.4, 0.5) is 0 Å². The lowest BCUT2D eigenvalue weighted by molar-refractivity contribution is -0.135. The molecule has 1 fully saturated rings. The van der Waals surface area contributed by atoms with E-state index < -0.39 is 5.97 Å². The summed E-state index contributed by atoms with van der Waals surface area (Å²) in [4.78, 5) is 26.8. The molecule has 1 unspecified atom stereocenters.